The van der Waals surface area contributed by atoms with Gasteiger partial charge in [-0.2, -0.15) is 0 Å². The van der Waals surface area contributed by atoms with Crippen molar-refractivity contribution >= 4 is 45.9 Å². The fourth-order valence-electron chi connectivity index (χ4n) is 5.87. The first-order valence-corrected chi connectivity index (χ1v) is 14.4. The Morgan fingerprint density at radius 1 is 0.487 bits per heavy atom. The van der Waals surface area contributed by atoms with Crippen LogP contribution in [0.4, 0.5) is 34.1 Å². The van der Waals surface area contributed by atoms with Crippen molar-refractivity contribution in [3.8, 4) is 0 Å². The van der Waals surface area contributed by atoms with Gasteiger partial charge in [-0.3, -0.25) is 0 Å². The lowest BCUT2D eigenvalue weighted by Gasteiger charge is -2.42. The summed E-state index contributed by atoms with van der Waals surface area (Å²) in [5.74, 6) is 0. The van der Waals surface area contributed by atoms with Crippen molar-refractivity contribution in [2.24, 2.45) is 0 Å². The molecule has 0 atom stereocenters. The summed E-state index contributed by atoms with van der Waals surface area (Å²) in [4.78, 5) is 14.2. The average molecular weight is 558 g/mol. The second-order valence-corrected chi connectivity index (χ2v) is 12.0. The predicted molar refractivity (Wildman–Crippen MR) is 173 cm³/mol. The van der Waals surface area contributed by atoms with E-state index in [9.17, 15) is 0 Å². The van der Waals surface area contributed by atoms with Gasteiger partial charge in [-0.1, -0.05) is 11.8 Å². The van der Waals surface area contributed by atoms with Crippen LogP contribution >= 0.6 is 11.8 Å². The van der Waals surface area contributed by atoms with Gasteiger partial charge in [0.2, 0.25) is 0 Å². The van der Waals surface area contributed by atoms with Gasteiger partial charge in [0, 0.05) is 94.5 Å². The highest BCUT2D eigenvalue weighted by Crippen LogP contribution is 2.62. The molecule has 0 saturated carbocycles. The zero-order valence-corrected chi connectivity index (χ0v) is 27.3. The molecule has 0 spiro atoms. The van der Waals surface area contributed by atoms with Crippen LogP contribution in [-0.2, 0) is 26.2 Å². The molecule has 218 valence electrons. The number of hydrogen-bond acceptors (Lipinski definition) is 10. The molecule has 0 saturated heterocycles. The van der Waals surface area contributed by atoms with Crippen molar-refractivity contribution in [1.82, 2.24) is 21.3 Å². The highest BCUT2D eigenvalue weighted by atomic mass is 32.2. The minimum absolute atomic E-state index is 0.796. The number of nitrogens with zero attached hydrogens (tertiary/aromatic N) is 5. The summed E-state index contributed by atoms with van der Waals surface area (Å²) in [5.41, 5.74) is 12.9. The molecule has 1 aliphatic rings. The molecule has 1 heterocycles. The molecule has 10 heteroatoms. The molecule has 3 rings (SSSR count). The Morgan fingerprint density at radius 2 is 0.872 bits per heavy atom. The van der Waals surface area contributed by atoms with Crippen molar-refractivity contribution < 1.29 is 0 Å². The van der Waals surface area contributed by atoms with Gasteiger partial charge >= 0.3 is 0 Å². The third kappa shape index (κ3) is 5.50. The number of hydrogen-bond donors (Lipinski definition) is 4. The Balaban J connectivity index is 2.60. The first kappa shape index (κ1) is 31.2. The minimum atomic E-state index is 0.796. The molecule has 0 bridgehead atoms. The van der Waals surface area contributed by atoms with E-state index < -0.39 is 0 Å². The van der Waals surface area contributed by atoms with E-state index in [1.807, 2.05) is 40.0 Å². The van der Waals surface area contributed by atoms with Crippen LogP contribution in [0.3, 0.4) is 0 Å². The quantitative estimate of drug-likeness (QED) is 0.313. The van der Waals surface area contributed by atoms with Crippen LogP contribution in [0.25, 0.3) is 0 Å². The zero-order chi connectivity index (χ0) is 29.2. The van der Waals surface area contributed by atoms with Gasteiger partial charge in [0.25, 0.3) is 0 Å². The summed E-state index contributed by atoms with van der Waals surface area (Å²) in [6.45, 7) is 3.24. The molecule has 0 amide bonds. The van der Waals surface area contributed by atoms with Gasteiger partial charge in [0.05, 0.1) is 39.0 Å². The average Bonchev–Trinajstić information content (AvgIpc) is 2.86. The molecule has 1 aliphatic heterocycles. The third-order valence-corrected chi connectivity index (χ3v) is 8.51. The Bertz CT molecular complexity index is 1170. The number of nitrogens with one attached hydrogen (secondary N) is 4. The standard InChI is InChI=1S/C29H51N9S/c1-30-14-18-19(15-31-2)21(17-33-4)28-22(20(18)16-32-3)38(13)27-25(36(9)10)23(34(5)6)24(35(7)8)26(37(11)12)29(27)39-28/h30-33H,14-17H2,1-13H3. The van der Waals surface area contributed by atoms with Gasteiger partial charge in [-0.25, -0.2) is 0 Å². The van der Waals surface area contributed by atoms with E-state index in [1.54, 1.807) is 0 Å². The van der Waals surface area contributed by atoms with Gasteiger partial charge in [0.1, 0.15) is 0 Å². The molecule has 2 aromatic rings. The fraction of sp³-hybridized carbons (Fsp3) is 0.586. The van der Waals surface area contributed by atoms with E-state index >= 15 is 0 Å². The lowest BCUT2D eigenvalue weighted by Crippen LogP contribution is -2.31. The maximum atomic E-state index is 3.49. The minimum Gasteiger partial charge on any atom is -0.375 e. The highest BCUT2D eigenvalue weighted by Gasteiger charge is 2.37. The lowest BCUT2D eigenvalue weighted by molar-refractivity contribution is 0.705. The Morgan fingerprint density at radius 3 is 1.31 bits per heavy atom. The summed E-state index contributed by atoms with van der Waals surface area (Å²) < 4.78 is 0. The summed E-state index contributed by atoms with van der Waals surface area (Å²) in [5, 5.41) is 13.9. The predicted octanol–water partition coefficient (Wildman–Crippen LogP) is 3.06. The molecular formula is C29H51N9S. The molecule has 39 heavy (non-hydrogen) atoms. The van der Waals surface area contributed by atoms with E-state index in [-0.39, 0.29) is 0 Å². The number of benzene rings is 2. The van der Waals surface area contributed by atoms with Crippen LogP contribution in [0.2, 0.25) is 0 Å². The highest BCUT2D eigenvalue weighted by molar-refractivity contribution is 8.00. The maximum Gasteiger partial charge on any atom is 0.0880 e. The number of anilines is 6. The molecular weight excluding hydrogens is 506 g/mol. The van der Waals surface area contributed by atoms with Crippen molar-refractivity contribution in [3.05, 3.63) is 22.3 Å². The summed E-state index contributed by atoms with van der Waals surface area (Å²) in [6, 6.07) is 0. The summed E-state index contributed by atoms with van der Waals surface area (Å²) in [6.07, 6.45) is 0. The van der Waals surface area contributed by atoms with Crippen LogP contribution in [0.15, 0.2) is 9.79 Å². The first-order valence-electron chi connectivity index (χ1n) is 13.6. The monoisotopic (exact) mass is 557 g/mol. The Labute approximate surface area is 241 Å². The molecule has 9 nitrogen and oxygen atoms in total. The van der Waals surface area contributed by atoms with Gasteiger partial charge < -0.3 is 45.8 Å². The van der Waals surface area contributed by atoms with Crippen molar-refractivity contribution in [2.45, 2.75) is 36.0 Å². The molecule has 0 aromatic heterocycles. The normalized spacial score (nSPS) is 12.4. The van der Waals surface area contributed by atoms with Crippen molar-refractivity contribution in [1.29, 1.82) is 0 Å². The fourth-order valence-corrected chi connectivity index (χ4v) is 7.46. The molecule has 0 aliphatic carbocycles. The maximum absolute atomic E-state index is 3.49. The first-order chi connectivity index (χ1) is 18.5. The molecule has 4 N–H and O–H groups in total. The number of rotatable bonds is 12. The van der Waals surface area contributed by atoms with Crippen LogP contribution in [-0.4, -0.2) is 91.6 Å². The molecule has 0 radical (unpaired) electrons. The van der Waals surface area contributed by atoms with Crippen LogP contribution in [0.5, 0.6) is 0 Å². The SMILES string of the molecule is CNCc1c(CNC)c(CNC)c2c(c1CNC)Sc1c(N(C)C)c(N(C)C)c(N(C)C)c(N(C)C)c1N2C. The molecule has 0 unspecified atom stereocenters. The van der Waals surface area contributed by atoms with Crippen LogP contribution in [0, 0.1) is 0 Å². The van der Waals surface area contributed by atoms with Gasteiger partial charge in [0.15, 0.2) is 0 Å². The van der Waals surface area contributed by atoms with E-state index in [4.69, 9.17) is 0 Å². The second kappa shape index (κ2) is 12.9. The van der Waals surface area contributed by atoms with Gasteiger partial charge in [-0.05, 0) is 50.4 Å². The summed E-state index contributed by atoms with van der Waals surface area (Å²) >= 11 is 1.93. The van der Waals surface area contributed by atoms with E-state index in [0.29, 0.717) is 0 Å². The van der Waals surface area contributed by atoms with Crippen LogP contribution < -0.4 is 45.8 Å². The van der Waals surface area contributed by atoms with E-state index in [2.05, 4.69) is 109 Å². The molecule has 0 fully saturated rings. The van der Waals surface area contributed by atoms with E-state index in [0.717, 1.165) is 26.2 Å². The number of fused-ring (bicyclic) bond motifs is 2. The largest absolute Gasteiger partial charge is 0.375 e. The topological polar surface area (TPSA) is 64.3 Å². The smallest absolute Gasteiger partial charge is 0.0880 e. The second-order valence-electron chi connectivity index (χ2n) is 11.0. The Kier molecular flexibility index (Phi) is 10.3. The van der Waals surface area contributed by atoms with Crippen LogP contribution in [0.1, 0.15) is 22.3 Å². The third-order valence-electron chi connectivity index (χ3n) is 7.27. The summed E-state index contributed by atoms with van der Waals surface area (Å²) in [7, 11) is 27.7. The lowest BCUT2D eigenvalue weighted by atomic mass is 9.92. The van der Waals surface area contributed by atoms with E-state index in [1.165, 1.54) is 66.2 Å². The van der Waals surface area contributed by atoms with Crippen molar-refractivity contribution in [3.63, 3.8) is 0 Å². The Hall–Kier alpha value is -2.37. The van der Waals surface area contributed by atoms with Crippen molar-refractivity contribution in [2.75, 3.05) is 116 Å². The van der Waals surface area contributed by atoms with Gasteiger partial charge in [-0.15, -0.1) is 0 Å². The molecule has 2 aromatic carbocycles. The zero-order valence-electron chi connectivity index (χ0n) is 26.5.